The zero-order chi connectivity index (χ0) is 15.5. The monoisotopic (exact) mass is 285 g/mol. The van der Waals surface area contributed by atoms with Crippen LogP contribution in [0.1, 0.15) is 118 Å². The largest absolute Gasteiger partial charge is 0.328 e. The van der Waals surface area contributed by atoms with E-state index in [9.17, 15) is 0 Å². The Morgan fingerprint density at radius 1 is 0.550 bits per heavy atom. The van der Waals surface area contributed by atoms with Crippen molar-refractivity contribution in [2.45, 2.75) is 124 Å². The fourth-order valence-corrected chi connectivity index (χ4v) is 2.52. The smallest absolute Gasteiger partial charge is 0.00388 e. The van der Waals surface area contributed by atoms with Gasteiger partial charge < -0.3 is 5.73 Å². The summed E-state index contributed by atoms with van der Waals surface area (Å²) in [4.78, 5) is 0. The molecule has 0 aromatic rings. The summed E-state index contributed by atoms with van der Waals surface area (Å²) in [7, 11) is 0. The van der Waals surface area contributed by atoms with E-state index in [1.54, 1.807) is 0 Å². The van der Waals surface area contributed by atoms with Crippen molar-refractivity contribution in [1.82, 2.24) is 0 Å². The van der Waals surface area contributed by atoms with Crippen molar-refractivity contribution in [3.05, 3.63) is 0 Å². The molecule has 0 aliphatic heterocycles. The zero-order valence-electron chi connectivity index (χ0n) is 15.1. The summed E-state index contributed by atoms with van der Waals surface area (Å²) < 4.78 is 0. The van der Waals surface area contributed by atoms with E-state index >= 15 is 0 Å². The first-order chi connectivity index (χ1) is 9.81. The number of unbranched alkanes of at least 4 members (excludes halogenated alkanes) is 10. The minimum atomic E-state index is 0.474. The molecule has 0 atom stereocenters. The van der Waals surface area contributed by atoms with Gasteiger partial charge in [0.15, 0.2) is 0 Å². The summed E-state index contributed by atoms with van der Waals surface area (Å²) in [5, 5.41) is 0. The summed E-state index contributed by atoms with van der Waals surface area (Å²) in [6.07, 6.45) is 19.2. The Bertz CT molecular complexity index is 129. The molecule has 0 aliphatic rings. The van der Waals surface area contributed by atoms with Gasteiger partial charge in [0.2, 0.25) is 0 Å². The second kappa shape index (κ2) is 21.3. The SMILES string of the molecule is CC.CCCCCCCCC(N)CCCCCCCC. The van der Waals surface area contributed by atoms with E-state index in [0.717, 1.165) is 0 Å². The van der Waals surface area contributed by atoms with Gasteiger partial charge in [0.05, 0.1) is 0 Å². The summed E-state index contributed by atoms with van der Waals surface area (Å²) >= 11 is 0. The lowest BCUT2D eigenvalue weighted by Gasteiger charge is -2.11. The molecule has 0 fully saturated rings. The van der Waals surface area contributed by atoms with Crippen LogP contribution in [0.3, 0.4) is 0 Å². The van der Waals surface area contributed by atoms with E-state index in [1.807, 2.05) is 13.8 Å². The van der Waals surface area contributed by atoms with Crippen LogP contribution in [-0.4, -0.2) is 6.04 Å². The van der Waals surface area contributed by atoms with Gasteiger partial charge in [-0.25, -0.2) is 0 Å². The summed E-state index contributed by atoms with van der Waals surface area (Å²) in [5.41, 5.74) is 6.16. The highest BCUT2D eigenvalue weighted by Gasteiger charge is 2.02. The maximum absolute atomic E-state index is 6.16. The topological polar surface area (TPSA) is 26.0 Å². The molecule has 0 unspecified atom stereocenters. The fraction of sp³-hybridized carbons (Fsp3) is 1.00. The molecule has 0 radical (unpaired) electrons. The van der Waals surface area contributed by atoms with E-state index in [0.29, 0.717) is 6.04 Å². The second-order valence-corrected chi connectivity index (χ2v) is 5.87. The first-order valence-electron chi connectivity index (χ1n) is 9.56. The average molecular weight is 286 g/mol. The summed E-state index contributed by atoms with van der Waals surface area (Å²) in [6.45, 7) is 8.55. The van der Waals surface area contributed by atoms with Gasteiger partial charge >= 0.3 is 0 Å². The molecule has 0 saturated carbocycles. The Balaban J connectivity index is 0. The van der Waals surface area contributed by atoms with E-state index in [1.165, 1.54) is 89.9 Å². The van der Waals surface area contributed by atoms with Gasteiger partial charge in [0, 0.05) is 6.04 Å². The molecule has 0 saturated heterocycles. The van der Waals surface area contributed by atoms with Crippen LogP contribution >= 0.6 is 0 Å². The Morgan fingerprint density at radius 3 is 1.20 bits per heavy atom. The third kappa shape index (κ3) is 20.3. The van der Waals surface area contributed by atoms with Gasteiger partial charge in [-0.15, -0.1) is 0 Å². The van der Waals surface area contributed by atoms with Crippen molar-refractivity contribution in [1.29, 1.82) is 0 Å². The molecule has 0 bridgehead atoms. The van der Waals surface area contributed by atoms with Crippen molar-refractivity contribution in [2.24, 2.45) is 5.73 Å². The highest BCUT2D eigenvalue weighted by molar-refractivity contribution is 4.61. The second-order valence-electron chi connectivity index (χ2n) is 5.87. The molecular formula is C19H43N. The van der Waals surface area contributed by atoms with E-state index in [2.05, 4.69) is 13.8 Å². The minimum absolute atomic E-state index is 0.474. The predicted octanol–water partition coefficient (Wildman–Crippen LogP) is 6.84. The van der Waals surface area contributed by atoms with Gasteiger partial charge in [-0.1, -0.05) is 105 Å². The maximum Gasteiger partial charge on any atom is 0.00388 e. The highest BCUT2D eigenvalue weighted by atomic mass is 14.6. The Hall–Kier alpha value is -0.0400. The molecule has 0 aliphatic carbocycles. The quantitative estimate of drug-likeness (QED) is 0.347. The van der Waals surface area contributed by atoms with Gasteiger partial charge in [0.25, 0.3) is 0 Å². The summed E-state index contributed by atoms with van der Waals surface area (Å²) in [6, 6.07) is 0.474. The molecule has 0 aromatic heterocycles. The lowest BCUT2D eigenvalue weighted by molar-refractivity contribution is 0.484. The number of hydrogen-bond acceptors (Lipinski definition) is 1. The van der Waals surface area contributed by atoms with Crippen molar-refractivity contribution in [3.8, 4) is 0 Å². The number of hydrogen-bond donors (Lipinski definition) is 1. The maximum atomic E-state index is 6.16. The third-order valence-corrected chi connectivity index (χ3v) is 3.86. The first-order valence-corrected chi connectivity index (χ1v) is 9.56. The fourth-order valence-electron chi connectivity index (χ4n) is 2.52. The van der Waals surface area contributed by atoms with Crippen LogP contribution in [0.15, 0.2) is 0 Å². The molecule has 2 N–H and O–H groups in total. The van der Waals surface area contributed by atoms with E-state index in [-0.39, 0.29) is 0 Å². The molecule has 124 valence electrons. The molecule has 0 rings (SSSR count). The normalized spacial score (nSPS) is 10.5. The molecule has 1 nitrogen and oxygen atoms in total. The molecule has 1 heteroatoms. The minimum Gasteiger partial charge on any atom is -0.328 e. The van der Waals surface area contributed by atoms with Crippen LogP contribution in [0.5, 0.6) is 0 Å². The van der Waals surface area contributed by atoms with E-state index in [4.69, 9.17) is 5.73 Å². The molecule has 0 aromatic carbocycles. The van der Waals surface area contributed by atoms with Gasteiger partial charge in [0.1, 0.15) is 0 Å². The van der Waals surface area contributed by atoms with Gasteiger partial charge in [-0.2, -0.15) is 0 Å². The molecular weight excluding hydrogens is 242 g/mol. The van der Waals surface area contributed by atoms with Crippen LogP contribution < -0.4 is 5.73 Å². The van der Waals surface area contributed by atoms with Crippen molar-refractivity contribution in [2.75, 3.05) is 0 Å². The Labute approximate surface area is 130 Å². The lowest BCUT2D eigenvalue weighted by Crippen LogP contribution is -2.19. The molecule has 0 spiro atoms. The Kier molecular flexibility index (Phi) is 23.6. The predicted molar refractivity (Wildman–Crippen MR) is 95.3 cm³/mol. The van der Waals surface area contributed by atoms with Crippen LogP contribution in [0.2, 0.25) is 0 Å². The number of nitrogens with two attached hydrogens (primary N) is 1. The molecule has 0 amide bonds. The molecule has 0 heterocycles. The number of rotatable bonds is 14. The first kappa shape index (κ1) is 22.2. The van der Waals surface area contributed by atoms with Crippen LogP contribution in [0, 0.1) is 0 Å². The van der Waals surface area contributed by atoms with Gasteiger partial charge in [-0.3, -0.25) is 0 Å². The van der Waals surface area contributed by atoms with Crippen LogP contribution in [0.25, 0.3) is 0 Å². The van der Waals surface area contributed by atoms with Crippen molar-refractivity contribution < 1.29 is 0 Å². The van der Waals surface area contributed by atoms with E-state index < -0.39 is 0 Å². The van der Waals surface area contributed by atoms with Crippen molar-refractivity contribution in [3.63, 3.8) is 0 Å². The standard InChI is InChI=1S/C17H37N.C2H6/c1-3-5-7-9-11-13-15-17(18)16-14-12-10-8-6-4-2;1-2/h17H,3-16,18H2,1-2H3;1-2H3. The van der Waals surface area contributed by atoms with Crippen LogP contribution in [0.4, 0.5) is 0 Å². The van der Waals surface area contributed by atoms with Crippen LogP contribution in [-0.2, 0) is 0 Å². The van der Waals surface area contributed by atoms with Crippen molar-refractivity contribution >= 4 is 0 Å². The third-order valence-electron chi connectivity index (χ3n) is 3.86. The molecule has 20 heavy (non-hydrogen) atoms. The Morgan fingerprint density at radius 2 is 0.850 bits per heavy atom. The average Bonchev–Trinajstić information content (AvgIpc) is 2.48. The van der Waals surface area contributed by atoms with Gasteiger partial charge in [-0.05, 0) is 12.8 Å². The lowest BCUT2D eigenvalue weighted by atomic mass is 10.0. The highest BCUT2D eigenvalue weighted by Crippen LogP contribution is 2.12. The summed E-state index contributed by atoms with van der Waals surface area (Å²) in [5.74, 6) is 0. The zero-order valence-corrected chi connectivity index (χ0v) is 15.1.